The summed E-state index contributed by atoms with van der Waals surface area (Å²) in [7, 11) is 1.71. The second kappa shape index (κ2) is 3.73. The molecule has 0 bridgehead atoms. The smallest absolute Gasteiger partial charge is 0.125 e. The average Bonchev–Trinajstić information content (AvgIpc) is 2.27. The first kappa shape index (κ1) is 9.71. The molecule has 0 saturated heterocycles. The fraction of sp³-hybridized carbons (Fsp3) is 0.154. The van der Waals surface area contributed by atoms with Gasteiger partial charge in [-0.15, -0.1) is 0 Å². The molecule has 2 heteroatoms. The Morgan fingerprint density at radius 2 is 1.73 bits per heavy atom. The Balaban J connectivity index is 2.72. The van der Waals surface area contributed by atoms with E-state index in [0.717, 1.165) is 11.1 Å². The van der Waals surface area contributed by atoms with Crippen LogP contribution >= 0.6 is 0 Å². The standard InChI is InChI=1S/C13H14N2/c1-9-7-10-5-3-4-6-11(10)8-12(9)13(14)15-2/h3-8H,1-2H3,(H2,14,15). The number of nitrogens with zero attached hydrogens (tertiary/aromatic N) is 1. The van der Waals surface area contributed by atoms with Crippen molar-refractivity contribution in [2.45, 2.75) is 6.92 Å². The maximum atomic E-state index is 5.84. The van der Waals surface area contributed by atoms with Crippen LogP contribution in [-0.4, -0.2) is 12.9 Å². The van der Waals surface area contributed by atoms with Crippen LogP contribution in [0.2, 0.25) is 0 Å². The molecule has 0 spiro atoms. The lowest BCUT2D eigenvalue weighted by Gasteiger charge is -2.07. The molecule has 0 unspecified atom stereocenters. The van der Waals surface area contributed by atoms with E-state index in [1.165, 1.54) is 10.8 Å². The number of fused-ring (bicyclic) bond motifs is 1. The van der Waals surface area contributed by atoms with Gasteiger partial charge in [0.15, 0.2) is 0 Å². The van der Waals surface area contributed by atoms with Gasteiger partial charge in [0.1, 0.15) is 5.84 Å². The molecule has 0 aromatic heterocycles. The van der Waals surface area contributed by atoms with Crippen LogP contribution in [0, 0.1) is 6.92 Å². The van der Waals surface area contributed by atoms with E-state index in [0.29, 0.717) is 5.84 Å². The van der Waals surface area contributed by atoms with E-state index >= 15 is 0 Å². The van der Waals surface area contributed by atoms with Gasteiger partial charge in [-0.3, -0.25) is 4.99 Å². The Labute approximate surface area is 89.4 Å². The molecule has 15 heavy (non-hydrogen) atoms. The lowest BCUT2D eigenvalue weighted by Crippen LogP contribution is -2.14. The summed E-state index contributed by atoms with van der Waals surface area (Å²) in [6.45, 7) is 2.06. The molecule has 76 valence electrons. The number of benzene rings is 2. The molecule has 0 heterocycles. The minimum atomic E-state index is 0.596. The van der Waals surface area contributed by atoms with E-state index in [-0.39, 0.29) is 0 Å². The summed E-state index contributed by atoms with van der Waals surface area (Å²) >= 11 is 0. The SMILES string of the molecule is CN=C(N)c1cc2ccccc2cc1C. The first-order chi connectivity index (χ1) is 7.22. The quantitative estimate of drug-likeness (QED) is 0.555. The number of hydrogen-bond acceptors (Lipinski definition) is 1. The molecule has 0 fully saturated rings. The van der Waals surface area contributed by atoms with Gasteiger partial charge in [0, 0.05) is 12.6 Å². The fourth-order valence-electron chi connectivity index (χ4n) is 1.75. The van der Waals surface area contributed by atoms with Crippen LogP contribution in [0.15, 0.2) is 41.4 Å². The second-order valence-corrected chi connectivity index (χ2v) is 3.62. The summed E-state index contributed by atoms with van der Waals surface area (Å²) in [5.74, 6) is 0.596. The van der Waals surface area contributed by atoms with E-state index in [2.05, 4.69) is 36.2 Å². The number of rotatable bonds is 1. The predicted octanol–water partition coefficient (Wildman–Crippen LogP) is 2.48. The fourth-order valence-corrected chi connectivity index (χ4v) is 1.75. The molecule has 0 saturated carbocycles. The van der Waals surface area contributed by atoms with Gasteiger partial charge in [-0.25, -0.2) is 0 Å². The topological polar surface area (TPSA) is 38.4 Å². The number of aliphatic imine (C=N–C) groups is 1. The first-order valence-electron chi connectivity index (χ1n) is 4.94. The molecule has 2 aromatic carbocycles. The Morgan fingerprint density at radius 1 is 1.13 bits per heavy atom. The number of aryl methyl sites for hydroxylation is 1. The van der Waals surface area contributed by atoms with Gasteiger partial charge in [0.05, 0.1) is 0 Å². The average molecular weight is 198 g/mol. The minimum absolute atomic E-state index is 0.596. The van der Waals surface area contributed by atoms with Crippen molar-refractivity contribution >= 4 is 16.6 Å². The van der Waals surface area contributed by atoms with Crippen LogP contribution in [0.1, 0.15) is 11.1 Å². The van der Waals surface area contributed by atoms with Crippen LogP contribution in [0.5, 0.6) is 0 Å². The Hall–Kier alpha value is -1.83. The molecule has 0 atom stereocenters. The third-order valence-electron chi connectivity index (χ3n) is 2.61. The maximum Gasteiger partial charge on any atom is 0.125 e. The van der Waals surface area contributed by atoms with E-state index in [9.17, 15) is 0 Å². The molecule has 2 N–H and O–H groups in total. The van der Waals surface area contributed by atoms with Gasteiger partial charge in [-0.05, 0) is 29.3 Å². The van der Waals surface area contributed by atoms with Gasteiger partial charge in [-0.1, -0.05) is 30.3 Å². The van der Waals surface area contributed by atoms with Crippen molar-refractivity contribution < 1.29 is 0 Å². The molecule has 0 aliphatic rings. The Bertz CT molecular complexity index is 527. The third kappa shape index (κ3) is 1.71. The zero-order valence-electron chi connectivity index (χ0n) is 8.99. The second-order valence-electron chi connectivity index (χ2n) is 3.62. The summed E-state index contributed by atoms with van der Waals surface area (Å²) in [6.07, 6.45) is 0. The first-order valence-corrected chi connectivity index (χ1v) is 4.94. The summed E-state index contributed by atoms with van der Waals surface area (Å²) in [5.41, 5.74) is 8.02. The van der Waals surface area contributed by atoms with Crippen LogP contribution in [0.4, 0.5) is 0 Å². The van der Waals surface area contributed by atoms with Crippen LogP contribution in [0.25, 0.3) is 10.8 Å². The normalized spacial score (nSPS) is 12.0. The highest BCUT2D eigenvalue weighted by molar-refractivity contribution is 6.02. The van der Waals surface area contributed by atoms with Gasteiger partial charge in [0.2, 0.25) is 0 Å². The van der Waals surface area contributed by atoms with Crippen LogP contribution in [0.3, 0.4) is 0 Å². The van der Waals surface area contributed by atoms with Crippen molar-refractivity contribution in [2.75, 3.05) is 7.05 Å². The van der Waals surface area contributed by atoms with Gasteiger partial charge in [-0.2, -0.15) is 0 Å². The molecule has 0 radical (unpaired) electrons. The van der Waals surface area contributed by atoms with Crippen molar-refractivity contribution in [1.82, 2.24) is 0 Å². The zero-order valence-corrected chi connectivity index (χ0v) is 8.99. The lowest BCUT2D eigenvalue weighted by molar-refractivity contribution is 1.36. The molecule has 0 aliphatic heterocycles. The summed E-state index contributed by atoms with van der Waals surface area (Å²) in [6, 6.07) is 12.5. The minimum Gasteiger partial charge on any atom is -0.384 e. The number of amidine groups is 1. The highest BCUT2D eigenvalue weighted by Crippen LogP contribution is 2.19. The van der Waals surface area contributed by atoms with Crippen LogP contribution in [-0.2, 0) is 0 Å². The summed E-state index contributed by atoms with van der Waals surface area (Å²) in [4.78, 5) is 4.02. The molecular formula is C13H14N2. The van der Waals surface area contributed by atoms with Crippen molar-refractivity contribution in [3.63, 3.8) is 0 Å². The molecule has 2 aromatic rings. The van der Waals surface area contributed by atoms with E-state index in [4.69, 9.17) is 5.73 Å². The van der Waals surface area contributed by atoms with Gasteiger partial charge >= 0.3 is 0 Å². The predicted molar refractivity (Wildman–Crippen MR) is 65.3 cm³/mol. The highest BCUT2D eigenvalue weighted by Gasteiger charge is 2.03. The maximum absolute atomic E-state index is 5.84. The monoisotopic (exact) mass is 198 g/mol. The van der Waals surface area contributed by atoms with E-state index in [1.807, 2.05) is 12.1 Å². The molecule has 2 rings (SSSR count). The lowest BCUT2D eigenvalue weighted by atomic mass is 10.0. The van der Waals surface area contributed by atoms with Crippen LogP contribution < -0.4 is 5.73 Å². The molecule has 0 amide bonds. The van der Waals surface area contributed by atoms with Crippen molar-refractivity contribution in [3.05, 3.63) is 47.5 Å². The Kier molecular flexibility index (Phi) is 2.42. The summed E-state index contributed by atoms with van der Waals surface area (Å²) < 4.78 is 0. The molecular weight excluding hydrogens is 184 g/mol. The highest BCUT2D eigenvalue weighted by atomic mass is 14.8. The summed E-state index contributed by atoms with van der Waals surface area (Å²) in [5, 5.41) is 2.44. The third-order valence-corrected chi connectivity index (χ3v) is 2.61. The molecule has 2 nitrogen and oxygen atoms in total. The number of nitrogens with two attached hydrogens (primary N) is 1. The van der Waals surface area contributed by atoms with E-state index < -0.39 is 0 Å². The Morgan fingerprint density at radius 3 is 2.33 bits per heavy atom. The van der Waals surface area contributed by atoms with Gasteiger partial charge < -0.3 is 5.73 Å². The van der Waals surface area contributed by atoms with Gasteiger partial charge in [0.25, 0.3) is 0 Å². The number of hydrogen-bond donors (Lipinski definition) is 1. The van der Waals surface area contributed by atoms with E-state index in [1.54, 1.807) is 7.05 Å². The zero-order chi connectivity index (χ0) is 10.8. The van der Waals surface area contributed by atoms with Crippen molar-refractivity contribution in [2.24, 2.45) is 10.7 Å². The largest absolute Gasteiger partial charge is 0.384 e. The van der Waals surface area contributed by atoms with Crippen molar-refractivity contribution in [1.29, 1.82) is 0 Å². The van der Waals surface area contributed by atoms with Crippen molar-refractivity contribution in [3.8, 4) is 0 Å². The molecule has 0 aliphatic carbocycles.